The molecule has 1 amide bonds. The predicted molar refractivity (Wildman–Crippen MR) is 164 cm³/mol. The quantitative estimate of drug-likeness (QED) is 0.282. The van der Waals surface area contributed by atoms with Gasteiger partial charge in [0, 0.05) is 68.1 Å². The lowest BCUT2D eigenvalue weighted by Crippen LogP contribution is -2.37. The van der Waals surface area contributed by atoms with Crippen molar-refractivity contribution in [2.45, 2.75) is 58.3 Å². The molecule has 5 heterocycles. The monoisotopic (exact) mass is 581 g/mol. The molecule has 5 aromatic rings. The minimum atomic E-state index is -0.433. The van der Waals surface area contributed by atoms with Gasteiger partial charge in [0.2, 0.25) is 0 Å². The zero-order valence-electron chi connectivity index (χ0n) is 24.4. The normalized spacial score (nSPS) is 19.4. The topological polar surface area (TPSA) is 84.3 Å². The first-order valence-corrected chi connectivity index (χ1v) is 15.5. The van der Waals surface area contributed by atoms with E-state index in [1.165, 1.54) is 12.5 Å². The maximum absolute atomic E-state index is 16.2. The number of hydrogen-bond donors (Lipinski definition) is 1. The maximum Gasteiger partial charge on any atom is 0.254 e. The number of benzene rings is 2. The lowest BCUT2D eigenvalue weighted by atomic mass is 10.1. The minimum Gasteiger partial charge on any atom is -0.396 e. The molecular weight excluding hydrogens is 545 g/mol. The highest BCUT2D eigenvalue weighted by molar-refractivity contribution is 6.00. The smallest absolute Gasteiger partial charge is 0.254 e. The van der Waals surface area contributed by atoms with Crippen molar-refractivity contribution < 1.29 is 14.3 Å². The molecule has 1 aliphatic carbocycles. The van der Waals surface area contributed by atoms with Gasteiger partial charge in [0.25, 0.3) is 5.91 Å². The molecule has 8 rings (SSSR count). The van der Waals surface area contributed by atoms with Gasteiger partial charge in [-0.3, -0.25) is 9.48 Å². The number of para-hydroxylation sites is 1. The van der Waals surface area contributed by atoms with Crippen LogP contribution < -0.4 is 4.90 Å². The Labute approximate surface area is 249 Å². The number of hydrogen-bond acceptors (Lipinski definition) is 5. The van der Waals surface area contributed by atoms with Gasteiger partial charge in [-0.1, -0.05) is 12.1 Å². The summed E-state index contributed by atoms with van der Waals surface area (Å²) in [7, 11) is 0. The van der Waals surface area contributed by atoms with Crippen LogP contribution in [0.5, 0.6) is 0 Å². The van der Waals surface area contributed by atoms with Crippen LogP contribution in [0.25, 0.3) is 33.5 Å². The average molecular weight is 582 g/mol. The van der Waals surface area contributed by atoms with E-state index in [1.54, 1.807) is 6.07 Å². The molecule has 3 aliphatic rings. The Morgan fingerprint density at radius 1 is 1.14 bits per heavy atom. The van der Waals surface area contributed by atoms with Crippen molar-refractivity contribution in [1.82, 2.24) is 28.8 Å². The molecule has 10 heteroatoms. The molecule has 1 N–H and O–H groups in total. The van der Waals surface area contributed by atoms with Crippen molar-refractivity contribution >= 4 is 33.5 Å². The number of aromatic nitrogens is 5. The Kier molecular flexibility index (Phi) is 6.29. The zero-order valence-corrected chi connectivity index (χ0v) is 24.4. The summed E-state index contributed by atoms with van der Waals surface area (Å²) in [6, 6.07) is 11.9. The number of fused-ring (bicyclic) bond motifs is 3. The first kappa shape index (κ1) is 26.4. The fourth-order valence-corrected chi connectivity index (χ4v) is 7.69. The van der Waals surface area contributed by atoms with Crippen molar-refractivity contribution in [1.29, 1.82) is 0 Å². The molecule has 222 valence electrons. The molecular formula is C33H36FN7O2. The largest absolute Gasteiger partial charge is 0.396 e. The van der Waals surface area contributed by atoms with Crippen molar-refractivity contribution in [2.24, 2.45) is 5.92 Å². The third-order valence-corrected chi connectivity index (χ3v) is 9.71. The summed E-state index contributed by atoms with van der Waals surface area (Å²) >= 11 is 0. The van der Waals surface area contributed by atoms with Gasteiger partial charge in [0.1, 0.15) is 11.3 Å². The third kappa shape index (κ3) is 4.25. The molecule has 2 aliphatic heterocycles. The van der Waals surface area contributed by atoms with Gasteiger partial charge < -0.3 is 24.0 Å². The molecule has 9 nitrogen and oxygen atoms in total. The summed E-state index contributed by atoms with van der Waals surface area (Å²) in [5.41, 5.74) is 5.40. The fourth-order valence-electron chi connectivity index (χ4n) is 7.69. The molecule has 2 bridgehead atoms. The second kappa shape index (κ2) is 10.2. The van der Waals surface area contributed by atoms with Crippen LogP contribution in [0, 0.1) is 11.7 Å². The highest BCUT2D eigenvalue weighted by Gasteiger charge is 2.40. The maximum atomic E-state index is 16.2. The van der Waals surface area contributed by atoms with Gasteiger partial charge in [0.05, 0.1) is 35.2 Å². The van der Waals surface area contributed by atoms with E-state index < -0.39 is 5.82 Å². The highest BCUT2D eigenvalue weighted by atomic mass is 19.1. The molecule has 43 heavy (non-hydrogen) atoms. The number of amides is 1. The van der Waals surface area contributed by atoms with E-state index in [-0.39, 0.29) is 18.6 Å². The highest BCUT2D eigenvalue weighted by Crippen LogP contribution is 2.40. The first-order valence-electron chi connectivity index (χ1n) is 15.5. The van der Waals surface area contributed by atoms with Gasteiger partial charge in [-0.05, 0) is 62.8 Å². The first-order chi connectivity index (χ1) is 21.0. The summed E-state index contributed by atoms with van der Waals surface area (Å²) < 4.78 is 22.3. The summed E-state index contributed by atoms with van der Waals surface area (Å²) in [4.78, 5) is 22.9. The number of aliphatic hydroxyl groups is 1. The van der Waals surface area contributed by atoms with E-state index in [1.807, 2.05) is 33.5 Å². The Hall–Kier alpha value is -4.18. The van der Waals surface area contributed by atoms with Crippen LogP contribution in [0.3, 0.4) is 0 Å². The zero-order chi connectivity index (χ0) is 29.2. The summed E-state index contributed by atoms with van der Waals surface area (Å²) in [5.74, 6) is 0.721. The molecule has 2 aromatic carbocycles. The lowest BCUT2D eigenvalue weighted by Gasteiger charge is -2.31. The van der Waals surface area contributed by atoms with Crippen LogP contribution in [-0.2, 0) is 19.6 Å². The van der Waals surface area contributed by atoms with Gasteiger partial charge in [0.15, 0.2) is 5.82 Å². The van der Waals surface area contributed by atoms with E-state index in [0.717, 1.165) is 73.4 Å². The Morgan fingerprint density at radius 2 is 2.05 bits per heavy atom. The number of anilines is 1. The van der Waals surface area contributed by atoms with E-state index in [0.29, 0.717) is 41.3 Å². The number of nitrogens with zero attached hydrogens (tertiary/aromatic N) is 7. The van der Waals surface area contributed by atoms with Gasteiger partial charge in [-0.15, -0.1) is 0 Å². The molecule has 0 spiro atoms. The van der Waals surface area contributed by atoms with Crippen LogP contribution in [-0.4, -0.2) is 72.1 Å². The number of halogens is 1. The van der Waals surface area contributed by atoms with Gasteiger partial charge in [-0.2, -0.15) is 5.10 Å². The lowest BCUT2D eigenvalue weighted by molar-refractivity contribution is 0.0703. The molecule has 1 saturated heterocycles. The SMILES string of the molecule is CCn1cc(Cn2c(-c3cc4cccc5c4n3CCN5CCCO)nc3cc(C(=O)N4C[C@H]5CC[C@@H]4C5)cc(F)c32)cn1. The number of likely N-dealkylation sites (tertiary alicyclic amines) is 1. The molecule has 1 saturated carbocycles. The Balaban J connectivity index is 1.28. The van der Waals surface area contributed by atoms with Crippen molar-refractivity contribution in [3.05, 3.63) is 65.7 Å². The Bertz CT molecular complexity index is 1870. The second-order valence-corrected chi connectivity index (χ2v) is 12.3. The predicted octanol–water partition coefficient (Wildman–Crippen LogP) is 4.89. The van der Waals surface area contributed by atoms with E-state index in [9.17, 15) is 9.90 Å². The number of carbonyl (C=O) groups excluding carboxylic acids is 1. The number of piperidine rings is 1. The van der Waals surface area contributed by atoms with Crippen LogP contribution >= 0.6 is 0 Å². The van der Waals surface area contributed by atoms with Crippen molar-refractivity contribution in [2.75, 3.05) is 31.1 Å². The summed E-state index contributed by atoms with van der Waals surface area (Å²) in [5, 5.41) is 15.0. The number of aliphatic hydroxyl groups excluding tert-OH is 1. The number of rotatable bonds is 8. The summed E-state index contributed by atoms with van der Waals surface area (Å²) in [6.45, 7) is 6.47. The van der Waals surface area contributed by atoms with Crippen LogP contribution in [0.4, 0.5) is 10.1 Å². The second-order valence-electron chi connectivity index (χ2n) is 12.3. The summed E-state index contributed by atoms with van der Waals surface area (Å²) in [6.07, 6.45) is 7.81. The Morgan fingerprint density at radius 3 is 2.81 bits per heavy atom. The molecule has 0 radical (unpaired) electrons. The third-order valence-electron chi connectivity index (χ3n) is 9.71. The van der Waals surface area contributed by atoms with Crippen LogP contribution in [0.1, 0.15) is 48.5 Å². The molecule has 2 atom stereocenters. The molecule has 3 aromatic heterocycles. The van der Waals surface area contributed by atoms with E-state index >= 15 is 4.39 Å². The number of imidazole rings is 1. The van der Waals surface area contributed by atoms with Crippen LogP contribution in [0.2, 0.25) is 0 Å². The minimum absolute atomic E-state index is 0.0931. The van der Waals surface area contributed by atoms with Crippen LogP contribution in [0.15, 0.2) is 48.8 Å². The average Bonchev–Trinajstić information content (AvgIpc) is 3.86. The van der Waals surface area contributed by atoms with Crippen molar-refractivity contribution in [3.8, 4) is 11.5 Å². The number of carbonyl (C=O) groups is 1. The molecule has 2 fully saturated rings. The standard InChI is InChI=1S/C33H36FN7O2/c1-2-38-18-22(17-35-38)20-41-31-26(34)14-24(33(43)40-19-21-7-8-25(40)13-21)15-27(31)36-32(41)29-16-23-5-3-6-28-30(23)39(29)11-10-37(28)9-4-12-42/h3,5-6,14-18,21,25,42H,2,4,7-13,19-20H2,1H3/t21-,25+/m0/s1. The van der Waals surface area contributed by atoms with E-state index in [2.05, 4.69) is 38.8 Å². The fraction of sp³-hybridized carbons (Fsp3) is 0.424. The van der Waals surface area contributed by atoms with Gasteiger partial charge in [-0.25, -0.2) is 9.37 Å². The molecule has 0 unspecified atom stereocenters. The number of aryl methyl sites for hydroxylation is 1. The van der Waals surface area contributed by atoms with Gasteiger partial charge >= 0.3 is 0 Å². The van der Waals surface area contributed by atoms with E-state index in [4.69, 9.17) is 4.98 Å². The van der Waals surface area contributed by atoms with Crippen molar-refractivity contribution in [3.63, 3.8) is 0 Å².